The number of aliphatic hydroxyl groups excluding tert-OH is 5. The maximum Gasteiger partial charge on any atom is 0.222 e. The quantitative estimate of drug-likeness (QED) is 0.0179. The van der Waals surface area contributed by atoms with E-state index in [1.807, 2.05) is 0 Å². The number of amides is 2. The van der Waals surface area contributed by atoms with Crippen LogP contribution in [-0.4, -0.2) is 93.0 Å². The van der Waals surface area contributed by atoms with E-state index >= 15 is 0 Å². The summed E-state index contributed by atoms with van der Waals surface area (Å²) in [4.78, 5) is 24.6. The fraction of sp³-hybridized carbons (Fsp3) is 0.918. The van der Waals surface area contributed by atoms with Crippen LogP contribution in [0.1, 0.15) is 233 Å². The Labute approximate surface area is 366 Å². The molecule has 8 atom stereocenters. The molecule has 0 aliphatic carbocycles. The third-order valence-electron chi connectivity index (χ3n) is 12.0. The molecule has 6 unspecified atom stereocenters. The number of aliphatic hydroxyl groups is 5. The summed E-state index contributed by atoms with van der Waals surface area (Å²) in [5.41, 5.74) is 0. The van der Waals surface area contributed by atoms with Crippen molar-refractivity contribution < 1.29 is 44.6 Å². The van der Waals surface area contributed by atoms with E-state index in [1.165, 1.54) is 155 Å². The van der Waals surface area contributed by atoms with Crippen molar-refractivity contribution in [2.24, 2.45) is 0 Å². The van der Waals surface area contributed by atoms with Gasteiger partial charge in [0.05, 0.1) is 6.10 Å². The molecule has 0 bridgehead atoms. The number of carbonyl (C=O) groups excluding carboxylic acids is 2. The van der Waals surface area contributed by atoms with E-state index in [-0.39, 0.29) is 24.8 Å². The topological polar surface area (TPSA) is 178 Å². The van der Waals surface area contributed by atoms with E-state index in [9.17, 15) is 35.1 Å². The summed E-state index contributed by atoms with van der Waals surface area (Å²) in [5.74, 6) is -0.741. The molecule has 1 saturated heterocycles. The Morgan fingerprint density at radius 3 is 1.45 bits per heavy atom. The smallest absolute Gasteiger partial charge is 0.222 e. The fourth-order valence-corrected chi connectivity index (χ4v) is 8.00. The first-order valence-corrected chi connectivity index (χ1v) is 25.0. The normalized spacial score (nSPS) is 21.0. The summed E-state index contributed by atoms with van der Waals surface area (Å²) >= 11 is 0. The third kappa shape index (κ3) is 29.7. The second-order valence-electron chi connectivity index (χ2n) is 17.8. The van der Waals surface area contributed by atoms with Crippen LogP contribution < -0.4 is 10.6 Å². The molecule has 1 aliphatic heterocycles. The van der Waals surface area contributed by atoms with Gasteiger partial charge < -0.3 is 45.6 Å². The molecule has 354 valence electrons. The van der Waals surface area contributed by atoms with Gasteiger partial charge in [0.15, 0.2) is 12.5 Å². The van der Waals surface area contributed by atoms with Crippen molar-refractivity contribution in [1.29, 1.82) is 0 Å². The Morgan fingerprint density at radius 1 is 0.583 bits per heavy atom. The van der Waals surface area contributed by atoms with E-state index in [2.05, 4.69) is 36.6 Å². The van der Waals surface area contributed by atoms with Crippen molar-refractivity contribution in [2.45, 2.75) is 282 Å². The number of carbonyl (C=O) groups is 2. The summed E-state index contributed by atoms with van der Waals surface area (Å²) < 4.78 is 11.6. The van der Waals surface area contributed by atoms with Crippen molar-refractivity contribution >= 4 is 11.8 Å². The van der Waals surface area contributed by atoms with Crippen LogP contribution in [0.5, 0.6) is 0 Å². The largest absolute Gasteiger partial charge is 0.390 e. The molecule has 1 rings (SSSR count). The van der Waals surface area contributed by atoms with E-state index in [0.717, 1.165) is 38.5 Å². The van der Waals surface area contributed by atoms with E-state index in [4.69, 9.17) is 9.47 Å². The first-order valence-electron chi connectivity index (χ1n) is 25.0. The lowest BCUT2D eigenvalue weighted by molar-refractivity contribution is -0.316. The molecule has 7 N–H and O–H groups in total. The lowest BCUT2D eigenvalue weighted by Gasteiger charge is -2.42. The number of hydrogen-bond acceptors (Lipinski definition) is 9. The maximum atomic E-state index is 13.1. The lowest BCUT2D eigenvalue weighted by atomic mass is 9.98. The van der Waals surface area contributed by atoms with Crippen LogP contribution in [-0.2, 0) is 19.1 Å². The van der Waals surface area contributed by atoms with Gasteiger partial charge >= 0.3 is 0 Å². The van der Waals surface area contributed by atoms with E-state index in [1.54, 1.807) is 0 Å². The molecule has 1 fully saturated rings. The van der Waals surface area contributed by atoms with Gasteiger partial charge in [-0.2, -0.15) is 0 Å². The molecule has 0 spiro atoms. The zero-order valence-corrected chi connectivity index (χ0v) is 38.7. The van der Waals surface area contributed by atoms with Gasteiger partial charge in [-0.1, -0.05) is 193 Å². The fourth-order valence-electron chi connectivity index (χ4n) is 8.00. The van der Waals surface area contributed by atoms with Crippen molar-refractivity contribution in [2.75, 3.05) is 6.54 Å². The second-order valence-corrected chi connectivity index (χ2v) is 17.8. The van der Waals surface area contributed by atoms with Gasteiger partial charge in [-0.15, -0.1) is 0 Å². The highest BCUT2D eigenvalue weighted by molar-refractivity contribution is 5.76. The molecule has 11 heteroatoms. The van der Waals surface area contributed by atoms with Crippen LogP contribution in [0.3, 0.4) is 0 Å². The molecule has 0 radical (unpaired) electrons. The lowest BCUT2D eigenvalue weighted by Crippen LogP contribution is -2.63. The van der Waals surface area contributed by atoms with Gasteiger partial charge in [0.25, 0.3) is 0 Å². The summed E-state index contributed by atoms with van der Waals surface area (Å²) in [5, 5.41) is 59.1. The Balaban J connectivity index is 2.42. The van der Waals surface area contributed by atoms with Crippen LogP contribution in [0.15, 0.2) is 12.2 Å². The highest BCUT2D eigenvalue weighted by atomic mass is 16.7. The number of ether oxygens (including phenoxy) is 2. The van der Waals surface area contributed by atoms with Gasteiger partial charge in [-0.05, 0) is 38.5 Å². The highest BCUT2D eigenvalue weighted by Gasteiger charge is 2.46. The SMILES string of the molecule is CCCCCCCC/C=C/CCCCCCCCCCCCCC(=O)N[C@@H](OC1OC(CNC(C)=O)C(O)C(O)C1O)C(O)[C@H](O)CCCCCCCCCCCCCC. The van der Waals surface area contributed by atoms with Gasteiger partial charge in [0, 0.05) is 19.9 Å². The highest BCUT2D eigenvalue weighted by Crippen LogP contribution is 2.25. The predicted octanol–water partition coefficient (Wildman–Crippen LogP) is 9.58. The van der Waals surface area contributed by atoms with Crippen LogP contribution in [0.2, 0.25) is 0 Å². The monoisotopic (exact) mass is 855 g/mol. The summed E-state index contributed by atoms with van der Waals surface area (Å²) in [6.45, 7) is 5.64. The Kier molecular flexibility index (Phi) is 36.7. The van der Waals surface area contributed by atoms with Crippen molar-refractivity contribution in [3.8, 4) is 0 Å². The number of nitrogens with one attached hydrogen (secondary N) is 2. The molecule has 60 heavy (non-hydrogen) atoms. The number of allylic oxidation sites excluding steroid dienone is 2. The molecule has 0 saturated carbocycles. The molecule has 0 aromatic heterocycles. The van der Waals surface area contributed by atoms with E-state index < -0.39 is 49.1 Å². The van der Waals surface area contributed by atoms with Gasteiger partial charge in [-0.25, -0.2) is 0 Å². The van der Waals surface area contributed by atoms with E-state index in [0.29, 0.717) is 19.3 Å². The molecule has 2 amide bonds. The van der Waals surface area contributed by atoms with Crippen LogP contribution in [0.4, 0.5) is 0 Å². The van der Waals surface area contributed by atoms with Crippen molar-refractivity contribution in [1.82, 2.24) is 10.6 Å². The summed E-state index contributed by atoms with van der Waals surface area (Å²) in [6.07, 6.45) is 30.8. The molecule has 1 heterocycles. The van der Waals surface area contributed by atoms with Gasteiger partial charge in [0.2, 0.25) is 11.8 Å². The minimum Gasteiger partial charge on any atom is -0.390 e. The number of hydrogen-bond donors (Lipinski definition) is 7. The minimum absolute atomic E-state index is 0.154. The molecule has 0 aromatic rings. The first-order chi connectivity index (χ1) is 29.1. The van der Waals surface area contributed by atoms with Crippen LogP contribution in [0.25, 0.3) is 0 Å². The number of rotatable bonds is 41. The zero-order valence-electron chi connectivity index (χ0n) is 38.7. The molecular formula is C49H94N2O9. The maximum absolute atomic E-state index is 13.1. The van der Waals surface area contributed by atoms with Crippen molar-refractivity contribution in [3.63, 3.8) is 0 Å². The first kappa shape index (κ1) is 56.4. The van der Waals surface area contributed by atoms with Crippen LogP contribution in [0, 0.1) is 0 Å². The molecular weight excluding hydrogens is 761 g/mol. The zero-order chi connectivity index (χ0) is 44.1. The average Bonchev–Trinajstić information content (AvgIpc) is 3.23. The third-order valence-corrected chi connectivity index (χ3v) is 12.0. The van der Waals surface area contributed by atoms with Gasteiger partial charge in [-0.3, -0.25) is 9.59 Å². The van der Waals surface area contributed by atoms with Crippen molar-refractivity contribution in [3.05, 3.63) is 12.2 Å². The standard InChI is InChI=1S/C49H94N2O9/c1-4-6-8-10-12-14-16-18-19-20-21-22-23-24-25-26-28-30-32-34-36-38-43(54)51-48(60-49-47(58)46(57)45(56)42(59-49)39-50-40(3)52)44(55)41(53)37-35-33-31-29-27-17-15-13-11-9-7-5-2/h18-19,41-42,44-49,53,55-58H,4-17,20-39H2,1-3H3,(H,50,52)(H,51,54)/b19-18+/t41-,42?,44?,45?,46?,47?,48+,49?/m1/s1. The average molecular weight is 855 g/mol. The van der Waals surface area contributed by atoms with Gasteiger partial charge in [0.1, 0.15) is 30.5 Å². The molecule has 11 nitrogen and oxygen atoms in total. The number of unbranched alkanes of at least 4 members (excludes halogenated alkanes) is 28. The second kappa shape index (κ2) is 39.0. The van der Waals surface area contributed by atoms with Crippen LogP contribution >= 0.6 is 0 Å². The predicted molar refractivity (Wildman–Crippen MR) is 243 cm³/mol. The molecule has 1 aliphatic rings. The Hall–Kier alpha value is -1.60. The minimum atomic E-state index is -1.71. The molecule has 0 aromatic carbocycles. The summed E-state index contributed by atoms with van der Waals surface area (Å²) in [6, 6.07) is 0. The Bertz CT molecular complexity index is 1030. The summed E-state index contributed by atoms with van der Waals surface area (Å²) in [7, 11) is 0. The Morgan fingerprint density at radius 2 is 1.00 bits per heavy atom.